The number of amides is 3. The fourth-order valence-corrected chi connectivity index (χ4v) is 4.29. The van der Waals surface area contributed by atoms with Crippen LogP contribution in [0.4, 0.5) is 11.4 Å². The molecule has 3 amide bonds. The summed E-state index contributed by atoms with van der Waals surface area (Å²) in [6.45, 7) is 1.06. The lowest BCUT2D eigenvalue weighted by Crippen LogP contribution is -2.43. The van der Waals surface area contributed by atoms with Gasteiger partial charge in [0.25, 0.3) is 5.91 Å². The highest BCUT2D eigenvalue weighted by Gasteiger charge is 2.29. The molecule has 2 aromatic rings. The molecule has 3 heterocycles. The Bertz CT molecular complexity index is 919. The van der Waals surface area contributed by atoms with Gasteiger partial charge in [-0.15, -0.1) is 11.8 Å². The van der Waals surface area contributed by atoms with Gasteiger partial charge in [0.05, 0.1) is 17.4 Å². The van der Waals surface area contributed by atoms with Gasteiger partial charge in [-0.25, -0.2) is 0 Å². The molecule has 1 aromatic carbocycles. The summed E-state index contributed by atoms with van der Waals surface area (Å²) in [5.41, 5.74) is 2.06. The minimum absolute atomic E-state index is 0.0181. The third-order valence-electron chi connectivity index (χ3n) is 4.89. The van der Waals surface area contributed by atoms with E-state index in [2.05, 4.69) is 15.6 Å². The van der Waals surface area contributed by atoms with Gasteiger partial charge in [-0.05, 0) is 43.2 Å². The molecule has 2 aliphatic rings. The number of hydrogen-bond acceptors (Lipinski definition) is 5. The minimum atomic E-state index is -0.247. The van der Waals surface area contributed by atoms with Crippen LogP contribution in [0.1, 0.15) is 23.2 Å². The van der Waals surface area contributed by atoms with Gasteiger partial charge < -0.3 is 15.5 Å². The molecule has 0 aliphatic carbocycles. The van der Waals surface area contributed by atoms with Gasteiger partial charge in [0.1, 0.15) is 0 Å². The number of thioether (sulfide) groups is 1. The molecule has 1 aromatic heterocycles. The van der Waals surface area contributed by atoms with Gasteiger partial charge in [-0.1, -0.05) is 0 Å². The first-order valence-corrected chi connectivity index (χ1v) is 10.2. The largest absolute Gasteiger partial charge is 0.338 e. The number of fused-ring (bicyclic) bond motifs is 1. The smallest absolute Gasteiger partial charge is 0.253 e. The van der Waals surface area contributed by atoms with Crippen LogP contribution in [-0.4, -0.2) is 46.4 Å². The first-order valence-electron chi connectivity index (χ1n) is 9.17. The van der Waals surface area contributed by atoms with Gasteiger partial charge >= 0.3 is 0 Å². The van der Waals surface area contributed by atoms with E-state index in [4.69, 9.17) is 0 Å². The molecule has 28 heavy (non-hydrogen) atoms. The van der Waals surface area contributed by atoms with Crippen LogP contribution in [0, 0.1) is 5.92 Å². The van der Waals surface area contributed by atoms with Crippen molar-refractivity contribution in [1.29, 1.82) is 0 Å². The molecule has 8 heteroatoms. The summed E-state index contributed by atoms with van der Waals surface area (Å²) < 4.78 is 0. The summed E-state index contributed by atoms with van der Waals surface area (Å²) in [5.74, 6) is -0.0461. The lowest BCUT2D eigenvalue weighted by Gasteiger charge is -2.32. The monoisotopic (exact) mass is 396 g/mol. The fourth-order valence-electron chi connectivity index (χ4n) is 3.45. The maximum absolute atomic E-state index is 12.8. The highest BCUT2D eigenvalue weighted by molar-refractivity contribution is 8.00. The number of hydrogen-bond donors (Lipinski definition) is 2. The molecule has 7 nitrogen and oxygen atoms in total. The number of likely N-dealkylation sites (tertiary alicyclic amines) is 1. The molecule has 0 bridgehead atoms. The van der Waals surface area contributed by atoms with E-state index >= 15 is 0 Å². The second-order valence-corrected chi connectivity index (χ2v) is 7.88. The van der Waals surface area contributed by atoms with Gasteiger partial charge in [0, 0.05) is 41.6 Å². The van der Waals surface area contributed by atoms with Crippen molar-refractivity contribution in [2.24, 2.45) is 5.92 Å². The van der Waals surface area contributed by atoms with E-state index in [1.165, 1.54) is 11.8 Å². The zero-order chi connectivity index (χ0) is 19.5. The van der Waals surface area contributed by atoms with Crippen LogP contribution in [0.25, 0.3) is 0 Å². The van der Waals surface area contributed by atoms with Crippen molar-refractivity contribution in [1.82, 2.24) is 9.88 Å². The van der Waals surface area contributed by atoms with Crippen molar-refractivity contribution in [2.45, 2.75) is 17.7 Å². The Morgan fingerprint density at radius 1 is 1.21 bits per heavy atom. The van der Waals surface area contributed by atoms with E-state index in [1.54, 1.807) is 41.6 Å². The predicted molar refractivity (Wildman–Crippen MR) is 107 cm³/mol. The number of carbonyl (C=O) groups is 3. The minimum Gasteiger partial charge on any atom is -0.338 e. The highest BCUT2D eigenvalue weighted by atomic mass is 32.2. The molecule has 1 fully saturated rings. The highest BCUT2D eigenvalue weighted by Crippen LogP contribution is 2.33. The Labute approximate surface area is 166 Å². The summed E-state index contributed by atoms with van der Waals surface area (Å²) in [4.78, 5) is 43.5. The van der Waals surface area contributed by atoms with E-state index in [-0.39, 0.29) is 23.6 Å². The molecule has 4 rings (SSSR count). The van der Waals surface area contributed by atoms with E-state index in [9.17, 15) is 14.4 Å². The first-order chi connectivity index (χ1) is 13.6. The topological polar surface area (TPSA) is 91.4 Å². The number of nitrogens with one attached hydrogen (secondary N) is 2. The zero-order valence-electron chi connectivity index (χ0n) is 15.2. The van der Waals surface area contributed by atoms with E-state index < -0.39 is 0 Å². The average Bonchev–Trinajstić information content (AvgIpc) is 2.74. The van der Waals surface area contributed by atoms with Crippen LogP contribution in [-0.2, 0) is 9.59 Å². The average molecular weight is 396 g/mol. The molecule has 0 saturated carbocycles. The number of pyridine rings is 1. The van der Waals surface area contributed by atoms with Crippen LogP contribution in [0.3, 0.4) is 0 Å². The number of anilines is 2. The standard InChI is InChI=1S/C20H20N4O3S/c25-18-12-28-17-10-15(3-4-16(17)23-18)22-19(26)14-2-1-9-24(11-14)20(27)13-5-7-21-8-6-13/h3-8,10,14H,1-2,9,11-12H2,(H,22,26)(H,23,25). The van der Waals surface area contributed by atoms with Crippen molar-refractivity contribution < 1.29 is 14.4 Å². The molecular formula is C20H20N4O3S. The Hall–Kier alpha value is -2.87. The molecular weight excluding hydrogens is 376 g/mol. The number of nitrogens with zero attached hydrogens (tertiary/aromatic N) is 2. The summed E-state index contributed by atoms with van der Waals surface area (Å²) >= 11 is 1.45. The molecule has 2 N–H and O–H groups in total. The van der Waals surface area contributed by atoms with Crippen molar-refractivity contribution in [3.63, 3.8) is 0 Å². The molecule has 1 saturated heterocycles. The van der Waals surface area contributed by atoms with E-state index in [1.807, 2.05) is 6.07 Å². The lowest BCUT2D eigenvalue weighted by molar-refractivity contribution is -0.121. The number of carbonyl (C=O) groups excluding carboxylic acids is 3. The van der Waals surface area contributed by atoms with Crippen molar-refractivity contribution in [2.75, 3.05) is 29.5 Å². The summed E-state index contributed by atoms with van der Waals surface area (Å²) in [5, 5.41) is 5.78. The molecule has 0 radical (unpaired) electrons. The number of piperidine rings is 1. The third kappa shape index (κ3) is 4.01. The number of rotatable bonds is 3. The maximum Gasteiger partial charge on any atom is 0.253 e. The SMILES string of the molecule is O=C1CSc2cc(NC(=O)C3CCCN(C(=O)c4ccncc4)C3)ccc2N1. The zero-order valence-corrected chi connectivity index (χ0v) is 16.0. The lowest BCUT2D eigenvalue weighted by atomic mass is 9.96. The molecule has 1 atom stereocenters. The summed E-state index contributed by atoms with van der Waals surface area (Å²) in [7, 11) is 0. The van der Waals surface area contributed by atoms with E-state index in [0.29, 0.717) is 30.1 Å². The third-order valence-corrected chi connectivity index (χ3v) is 5.94. The van der Waals surface area contributed by atoms with Crippen LogP contribution < -0.4 is 10.6 Å². The van der Waals surface area contributed by atoms with Gasteiger partial charge in [-0.3, -0.25) is 19.4 Å². The molecule has 1 unspecified atom stereocenters. The second-order valence-electron chi connectivity index (χ2n) is 6.86. The summed E-state index contributed by atoms with van der Waals surface area (Å²) in [6, 6.07) is 8.84. The van der Waals surface area contributed by atoms with Gasteiger partial charge in [0.15, 0.2) is 0 Å². The van der Waals surface area contributed by atoms with E-state index in [0.717, 1.165) is 23.4 Å². The van der Waals surface area contributed by atoms with Crippen molar-refractivity contribution in [3.05, 3.63) is 48.3 Å². The maximum atomic E-state index is 12.8. The second kappa shape index (κ2) is 8.02. The predicted octanol–water partition coefficient (Wildman–Crippen LogP) is 2.62. The van der Waals surface area contributed by atoms with Crippen LogP contribution in [0.15, 0.2) is 47.6 Å². The van der Waals surface area contributed by atoms with Crippen LogP contribution in [0.2, 0.25) is 0 Å². The van der Waals surface area contributed by atoms with Crippen molar-refractivity contribution in [3.8, 4) is 0 Å². The Morgan fingerprint density at radius 3 is 2.86 bits per heavy atom. The quantitative estimate of drug-likeness (QED) is 0.832. The van der Waals surface area contributed by atoms with Crippen LogP contribution >= 0.6 is 11.8 Å². The first kappa shape index (κ1) is 18.5. The number of benzene rings is 1. The van der Waals surface area contributed by atoms with Crippen molar-refractivity contribution >= 4 is 40.9 Å². The number of aromatic nitrogens is 1. The van der Waals surface area contributed by atoms with Gasteiger partial charge in [0.2, 0.25) is 11.8 Å². The Morgan fingerprint density at radius 2 is 2.04 bits per heavy atom. The summed E-state index contributed by atoms with van der Waals surface area (Å²) in [6.07, 6.45) is 4.73. The van der Waals surface area contributed by atoms with Crippen LogP contribution in [0.5, 0.6) is 0 Å². The fraction of sp³-hybridized carbons (Fsp3) is 0.300. The molecule has 2 aliphatic heterocycles. The normalized spacial score (nSPS) is 18.8. The Kier molecular flexibility index (Phi) is 5.29. The van der Waals surface area contributed by atoms with Gasteiger partial charge in [-0.2, -0.15) is 0 Å². The Balaban J connectivity index is 1.41. The molecule has 144 valence electrons. The molecule has 0 spiro atoms.